The van der Waals surface area contributed by atoms with Gasteiger partial charge in [0.05, 0.1) is 10.9 Å². The van der Waals surface area contributed by atoms with Gasteiger partial charge >= 0.3 is 0 Å². The van der Waals surface area contributed by atoms with Crippen LogP contribution in [0.1, 0.15) is 47.6 Å². The van der Waals surface area contributed by atoms with E-state index < -0.39 is 0 Å². The Balaban J connectivity index is 1.83. The number of benzene rings is 1. The number of nitrogens with zero attached hydrogens (tertiary/aromatic N) is 4. The highest BCUT2D eigenvalue weighted by atomic mass is 32.1. The van der Waals surface area contributed by atoms with Crippen LogP contribution in [0.15, 0.2) is 24.3 Å². The van der Waals surface area contributed by atoms with Gasteiger partial charge in [0.15, 0.2) is 0 Å². The molecule has 0 radical (unpaired) electrons. The summed E-state index contributed by atoms with van der Waals surface area (Å²) in [4.78, 5) is 8.64. The van der Waals surface area contributed by atoms with E-state index in [9.17, 15) is 5.11 Å². The van der Waals surface area contributed by atoms with Gasteiger partial charge in [0, 0.05) is 6.54 Å². The average Bonchev–Trinajstić information content (AvgIpc) is 3.06. The predicted molar refractivity (Wildman–Crippen MR) is 100 cm³/mol. The Labute approximate surface area is 151 Å². The first-order valence-corrected chi connectivity index (χ1v) is 9.70. The van der Waals surface area contributed by atoms with Crippen molar-refractivity contribution >= 4 is 16.3 Å². The number of piperidine rings is 1. The standard InChI is InChI=1S/C19H24N4OS/c1-12-6-4-8-15(10-12)16(22-9-5-7-13(2)11-22)17-18(24)23-19(25-17)20-14(3)21-23/h4,6,8,10,13,16,24H,5,7,9,11H2,1-3H3/t13-,16-/m1/s1. The molecular formula is C19H24N4OS. The van der Waals surface area contributed by atoms with Crippen molar-refractivity contribution in [1.82, 2.24) is 19.5 Å². The first-order chi connectivity index (χ1) is 12.0. The molecule has 4 rings (SSSR count). The Kier molecular flexibility index (Phi) is 4.25. The van der Waals surface area contributed by atoms with Gasteiger partial charge in [-0.25, -0.2) is 4.98 Å². The number of aromatic hydroxyl groups is 1. The number of thiazole rings is 1. The lowest BCUT2D eigenvalue weighted by Gasteiger charge is -2.37. The molecule has 1 aliphatic heterocycles. The molecule has 0 bridgehead atoms. The Morgan fingerprint density at radius 1 is 1.32 bits per heavy atom. The monoisotopic (exact) mass is 356 g/mol. The van der Waals surface area contributed by atoms with Crippen molar-refractivity contribution in [3.63, 3.8) is 0 Å². The Hall–Kier alpha value is -1.92. The van der Waals surface area contributed by atoms with E-state index in [1.807, 2.05) is 6.92 Å². The van der Waals surface area contributed by atoms with Gasteiger partial charge < -0.3 is 5.11 Å². The van der Waals surface area contributed by atoms with Crippen molar-refractivity contribution in [3.05, 3.63) is 46.1 Å². The fraction of sp³-hybridized carbons (Fsp3) is 0.474. The maximum Gasteiger partial charge on any atom is 0.230 e. The summed E-state index contributed by atoms with van der Waals surface area (Å²) >= 11 is 1.55. The van der Waals surface area contributed by atoms with E-state index in [-0.39, 0.29) is 11.9 Å². The molecule has 0 saturated carbocycles. The van der Waals surface area contributed by atoms with Gasteiger partial charge in [-0.1, -0.05) is 48.1 Å². The van der Waals surface area contributed by atoms with Gasteiger partial charge in [-0.2, -0.15) is 4.52 Å². The minimum atomic E-state index is 0.0523. The van der Waals surface area contributed by atoms with Crippen molar-refractivity contribution in [3.8, 4) is 5.88 Å². The largest absolute Gasteiger partial charge is 0.492 e. The molecule has 3 aromatic rings. The lowest BCUT2D eigenvalue weighted by molar-refractivity contribution is 0.149. The number of fused-ring (bicyclic) bond motifs is 1. The molecule has 25 heavy (non-hydrogen) atoms. The smallest absolute Gasteiger partial charge is 0.230 e. The van der Waals surface area contributed by atoms with Crippen molar-refractivity contribution in [1.29, 1.82) is 0 Å². The van der Waals surface area contributed by atoms with E-state index >= 15 is 0 Å². The molecule has 0 aliphatic carbocycles. The lowest BCUT2D eigenvalue weighted by Crippen LogP contribution is -2.37. The van der Waals surface area contributed by atoms with E-state index in [1.54, 1.807) is 15.9 Å². The van der Waals surface area contributed by atoms with Crippen molar-refractivity contribution < 1.29 is 5.11 Å². The van der Waals surface area contributed by atoms with E-state index in [2.05, 4.69) is 53.1 Å². The average molecular weight is 356 g/mol. The van der Waals surface area contributed by atoms with E-state index in [1.165, 1.54) is 24.0 Å². The fourth-order valence-corrected chi connectivity index (χ4v) is 5.02. The topological polar surface area (TPSA) is 53.7 Å². The third-order valence-corrected chi connectivity index (χ3v) is 6.04. The summed E-state index contributed by atoms with van der Waals surface area (Å²) in [6.07, 6.45) is 2.47. The van der Waals surface area contributed by atoms with Crippen LogP contribution in [-0.2, 0) is 0 Å². The molecule has 0 spiro atoms. The Morgan fingerprint density at radius 3 is 2.88 bits per heavy atom. The highest BCUT2D eigenvalue weighted by Gasteiger charge is 2.31. The van der Waals surface area contributed by atoms with Crippen molar-refractivity contribution in [2.75, 3.05) is 13.1 Å². The molecular weight excluding hydrogens is 332 g/mol. The van der Waals surface area contributed by atoms with E-state index in [4.69, 9.17) is 0 Å². The number of hydrogen-bond acceptors (Lipinski definition) is 5. The van der Waals surface area contributed by atoms with Crippen molar-refractivity contribution in [2.24, 2.45) is 5.92 Å². The second-order valence-corrected chi connectivity index (χ2v) is 8.21. The molecule has 1 saturated heterocycles. The molecule has 6 heteroatoms. The van der Waals surface area contributed by atoms with Gasteiger partial charge in [0.1, 0.15) is 5.82 Å². The van der Waals surface area contributed by atoms with Gasteiger partial charge in [-0.15, -0.1) is 5.10 Å². The van der Waals surface area contributed by atoms with Crippen LogP contribution < -0.4 is 0 Å². The van der Waals surface area contributed by atoms with Crippen LogP contribution in [0.4, 0.5) is 0 Å². The van der Waals surface area contributed by atoms with Crippen LogP contribution >= 0.6 is 11.3 Å². The Bertz CT molecular complexity index is 900. The summed E-state index contributed by atoms with van der Waals surface area (Å²) < 4.78 is 1.57. The summed E-state index contributed by atoms with van der Waals surface area (Å²) in [5.41, 5.74) is 2.47. The summed E-state index contributed by atoms with van der Waals surface area (Å²) in [6.45, 7) is 8.37. The summed E-state index contributed by atoms with van der Waals surface area (Å²) in [5.74, 6) is 1.59. The molecule has 3 heterocycles. The van der Waals surface area contributed by atoms with Gasteiger partial charge in [-0.3, -0.25) is 4.90 Å². The summed E-state index contributed by atoms with van der Waals surface area (Å²) in [6, 6.07) is 8.66. The second kappa shape index (κ2) is 6.42. The summed E-state index contributed by atoms with van der Waals surface area (Å²) in [5, 5.41) is 15.2. The minimum absolute atomic E-state index is 0.0523. The second-order valence-electron chi connectivity index (χ2n) is 7.20. The summed E-state index contributed by atoms with van der Waals surface area (Å²) in [7, 11) is 0. The molecule has 2 aromatic heterocycles. The molecule has 1 fully saturated rings. The van der Waals surface area contributed by atoms with Gasteiger partial charge in [0.2, 0.25) is 10.8 Å². The highest BCUT2D eigenvalue weighted by molar-refractivity contribution is 7.17. The van der Waals surface area contributed by atoms with Crippen LogP contribution in [0, 0.1) is 19.8 Å². The molecule has 0 unspecified atom stereocenters. The zero-order valence-corrected chi connectivity index (χ0v) is 15.8. The maximum atomic E-state index is 10.8. The number of aromatic nitrogens is 3. The number of hydrogen-bond donors (Lipinski definition) is 1. The molecule has 132 valence electrons. The minimum Gasteiger partial charge on any atom is -0.492 e. The van der Waals surface area contributed by atoms with Gasteiger partial charge in [-0.05, 0) is 44.7 Å². The first kappa shape index (κ1) is 16.5. The lowest BCUT2D eigenvalue weighted by atomic mass is 9.95. The quantitative estimate of drug-likeness (QED) is 0.772. The van der Waals surface area contributed by atoms with Crippen molar-refractivity contribution in [2.45, 2.75) is 39.7 Å². The van der Waals surface area contributed by atoms with Crippen LogP contribution in [-0.4, -0.2) is 37.7 Å². The van der Waals surface area contributed by atoms with Gasteiger partial charge in [0.25, 0.3) is 0 Å². The zero-order valence-electron chi connectivity index (χ0n) is 14.9. The van der Waals surface area contributed by atoms with Crippen LogP contribution in [0.2, 0.25) is 0 Å². The third-order valence-electron chi connectivity index (χ3n) is 4.97. The van der Waals surface area contributed by atoms with E-state index in [0.717, 1.165) is 22.9 Å². The predicted octanol–water partition coefficient (Wildman–Crippen LogP) is 3.93. The highest BCUT2D eigenvalue weighted by Crippen LogP contribution is 2.41. The van der Waals surface area contributed by atoms with Crippen LogP contribution in [0.3, 0.4) is 0 Å². The molecule has 1 aromatic carbocycles. The maximum absolute atomic E-state index is 10.8. The first-order valence-electron chi connectivity index (χ1n) is 8.88. The Morgan fingerprint density at radius 2 is 2.16 bits per heavy atom. The number of aryl methyl sites for hydroxylation is 2. The zero-order chi connectivity index (χ0) is 17.6. The molecule has 0 amide bonds. The normalized spacial score (nSPS) is 20.2. The molecule has 5 nitrogen and oxygen atoms in total. The van der Waals surface area contributed by atoms with Crippen LogP contribution in [0.25, 0.3) is 4.96 Å². The fourth-order valence-electron chi connectivity index (χ4n) is 3.85. The molecule has 1 N–H and O–H groups in total. The van der Waals surface area contributed by atoms with Crippen LogP contribution in [0.5, 0.6) is 5.88 Å². The number of rotatable bonds is 3. The van der Waals surface area contributed by atoms with E-state index in [0.29, 0.717) is 11.7 Å². The third kappa shape index (κ3) is 3.04. The number of likely N-dealkylation sites (tertiary alicyclic amines) is 1. The molecule has 1 aliphatic rings. The SMILES string of the molecule is Cc1cccc([C@H](c2sc3nc(C)nn3c2O)N2CCC[C@@H](C)C2)c1. The molecule has 2 atom stereocenters.